The number of hydrogen-bond acceptors (Lipinski definition) is 3. The predicted octanol–water partition coefficient (Wildman–Crippen LogP) is 2.82. The molecule has 2 unspecified atom stereocenters. The third kappa shape index (κ3) is 4.80. The molecule has 1 aliphatic heterocycles. The van der Waals surface area contributed by atoms with Crippen LogP contribution in [0, 0.1) is 11.3 Å². The molecule has 0 saturated carbocycles. The normalized spacial score (nSPS) is 24.9. The summed E-state index contributed by atoms with van der Waals surface area (Å²) in [7, 11) is 0. The van der Waals surface area contributed by atoms with Crippen LogP contribution in [0.2, 0.25) is 0 Å². The van der Waals surface area contributed by atoms with Gasteiger partial charge in [0.15, 0.2) is 0 Å². The summed E-state index contributed by atoms with van der Waals surface area (Å²) in [5.41, 5.74) is 0.322. The summed E-state index contributed by atoms with van der Waals surface area (Å²) in [6, 6.07) is 0.596. The first kappa shape index (κ1) is 15.3. The Morgan fingerprint density at radius 1 is 1.35 bits per heavy atom. The Labute approximate surface area is 112 Å². The minimum atomic E-state index is 0.322. The van der Waals surface area contributed by atoms with Crippen molar-refractivity contribution in [3.8, 4) is 0 Å². The van der Waals surface area contributed by atoms with Gasteiger partial charge in [-0.1, -0.05) is 27.2 Å². The third-order valence-corrected chi connectivity index (χ3v) is 4.55. The summed E-state index contributed by atoms with van der Waals surface area (Å²) in [4.78, 5) is 2.59. The highest BCUT2D eigenvalue weighted by Crippen LogP contribution is 2.30. The van der Waals surface area contributed by atoms with E-state index in [1.807, 2.05) is 0 Å². The fraction of sp³-hybridized carbons (Fsp3) is 1.00. The second kappa shape index (κ2) is 7.01. The average Bonchev–Trinajstić information content (AvgIpc) is 2.26. The number of piperidine rings is 1. The lowest BCUT2D eigenvalue weighted by atomic mass is 9.81. The first-order valence-electron chi connectivity index (χ1n) is 6.94. The van der Waals surface area contributed by atoms with E-state index in [0.717, 1.165) is 18.7 Å². The number of nitrogens with zero attached hydrogens (tertiary/aromatic N) is 1. The summed E-state index contributed by atoms with van der Waals surface area (Å²) in [5.74, 6) is 1.58. The number of rotatable bonds is 5. The lowest BCUT2D eigenvalue weighted by molar-refractivity contribution is 0.0803. The number of aliphatic hydroxyl groups is 1. The van der Waals surface area contributed by atoms with E-state index in [4.69, 9.17) is 5.11 Å². The van der Waals surface area contributed by atoms with Crippen LogP contribution in [0.5, 0.6) is 0 Å². The minimum Gasteiger partial charge on any atom is -0.396 e. The molecule has 1 aliphatic rings. The van der Waals surface area contributed by atoms with Crippen molar-refractivity contribution in [1.82, 2.24) is 4.90 Å². The number of aliphatic hydroxyl groups excluding tert-OH is 1. The van der Waals surface area contributed by atoms with Gasteiger partial charge in [0.05, 0.1) is 0 Å². The third-order valence-electron chi connectivity index (χ3n) is 4.11. The van der Waals surface area contributed by atoms with Crippen molar-refractivity contribution >= 4 is 12.6 Å². The Morgan fingerprint density at radius 3 is 2.59 bits per heavy atom. The van der Waals surface area contributed by atoms with Gasteiger partial charge in [-0.15, -0.1) is 0 Å². The van der Waals surface area contributed by atoms with Crippen molar-refractivity contribution in [3.05, 3.63) is 0 Å². The maximum Gasteiger partial charge on any atom is 0.0445 e. The van der Waals surface area contributed by atoms with Crippen molar-refractivity contribution in [2.24, 2.45) is 11.3 Å². The fourth-order valence-corrected chi connectivity index (χ4v) is 3.33. The van der Waals surface area contributed by atoms with Crippen LogP contribution in [0.25, 0.3) is 0 Å². The molecule has 3 heteroatoms. The van der Waals surface area contributed by atoms with Crippen molar-refractivity contribution in [1.29, 1.82) is 0 Å². The van der Waals surface area contributed by atoms with Crippen LogP contribution >= 0.6 is 12.6 Å². The molecule has 0 spiro atoms. The molecular weight excluding hydrogens is 230 g/mol. The van der Waals surface area contributed by atoms with Gasteiger partial charge in [-0.05, 0) is 42.9 Å². The molecule has 0 radical (unpaired) electrons. The van der Waals surface area contributed by atoms with E-state index in [9.17, 15) is 0 Å². The van der Waals surface area contributed by atoms with Gasteiger partial charge in [0, 0.05) is 19.2 Å². The molecule has 102 valence electrons. The van der Waals surface area contributed by atoms with Gasteiger partial charge in [-0.25, -0.2) is 0 Å². The fourth-order valence-electron chi connectivity index (χ4n) is 2.66. The highest BCUT2D eigenvalue weighted by molar-refractivity contribution is 7.80. The van der Waals surface area contributed by atoms with Gasteiger partial charge in [0.2, 0.25) is 0 Å². The molecule has 17 heavy (non-hydrogen) atoms. The molecule has 0 aromatic carbocycles. The first-order valence-corrected chi connectivity index (χ1v) is 7.58. The second-order valence-electron chi connectivity index (χ2n) is 6.40. The molecule has 1 saturated heterocycles. The van der Waals surface area contributed by atoms with E-state index >= 15 is 0 Å². The number of thiol groups is 1. The zero-order valence-corrected chi connectivity index (χ0v) is 12.5. The van der Waals surface area contributed by atoms with Crippen LogP contribution in [-0.4, -0.2) is 41.5 Å². The van der Waals surface area contributed by atoms with Gasteiger partial charge in [0.1, 0.15) is 0 Å². The molecule has 1 fully saturated rings. The molecule has 1 rings (SSSR count). The first-order chi connectivity index (χ1) is 7.99. The van der Waals surface area contributed by atoms with E-state index in [-0.39, 0.29) is 0 Å². The molecule has 2 atom stereocenters. The Morgan fingerprint density at radius 2 is 2.06 bits per heavy atom. The zero-order valence-electron chi connectivity index (χ0n) is 11.7. The molecule has 2 nitrogen and oxygen atoms in total. The molecule has 0 aliphatic carbocycles. The topological polar surface area (TPSA) is 23.5 Å². The molecule has 0 aromatic rings. The van der Waals surface area contributed by atoms with Gasteiger partial charge in [-0.3, -0.25) is 4.90 Å². The van der Waals surface area contributed by atoms with E-state index < -0.39 is 0 Å². The maximum atomic E-state index is 9.15. The summed E-state index contributed by atoms with van der Waals surface area (Å²) in [6.45, 7) is 9.57. The van der Waals surface area contributed by atoms with E-state index in [1.54, 1.807) is 0 Å². The van der Waals surface area contributed by atoms with E-state index in [0.29, 0.717) is 24.0 Å². The Kier molecular flexibility index (Phi) is 6.32. The van der Waals surface area contributed by atoms with Crippen LogP contribution in [0.15, 0.2) is 0 Å². The number of likely N-dealkylation sites (tertiary alicyclic amines) is 1. The van der Waals surface area contributed by atoms with Crippen LogP contribution < -0.4 is 0 Å². The van der Waals surface area contributed by atoms with Crippen LogP contribution in [-0.2, 0) is 0 Å². The summed E-state index contributed by atoms with van der Waals surface area (Å²) < 4.78 is 0. The molecule has 0 aromatic heterocycles. The van der Waals surface area contributed by atoms with Gasteiger partial charge >= 0.3 is 0 Å². The molecule has 1 heterocycles. The molecule has 0 amide bonds. The Bertz CT molecular complexity index is 213. The van der Waals surface area contributed by atoms with E-state index in [2.05, 4.69) is 38.3 Å². The zero-order chi connectivity index (χ0) is 12.9. The molecular formula is C14H29NOS. The molecule has 1 N–H and O–H groups in total. The second-order valence-corrected chi connectivity index (χ2v) is 6.77. The quantitative estimate of drug-likeness (QED) is 0.742. The Hall–Kier alpha value is 0.270. The van der Waals surface area contributed by atoms with Gasteiger partial charge in [-0.2, -0.15) is 12.6 Å². The van der Waals surface area contributed by atoms with Crippen molar-refractivity contribution in [3.63, 3.8) is 0 Å². The standard InChI is InChI=1S/C14H29NOS/c1-14(2,3)12(11-17)10-15-8-5-4-6-13(15)7-9-16/h12-13,16-17H,4-11H2,1-3H3. The van der Waals surface area contributed by atoms with Crippen molar-refractivity contribution in [2.75, 3.05) is 25.4 Å². The summed E-state index contributed by atoms with van der Waals surface area (Å²) >= 11 is 4.51. The summed E-state index contributed by atoms with van der Waals surface area (Å²) in [6.07, 6.45) is 4.82. The number of hydrogen-bond donors (Lipinski definition) is 2. The lowest BCUT2D eigenvalue weighted by Crippen LogP contribution is -2.45. The maximum absolute atomic E-state index is 9.15. The summed E-state index contributed by atoms with van der Waals surface area (Å²) in [5, 5.41) is 9.15. The van der Waals surface area contributed by atoms with Gasteiger partial charge < -0.3 is 5.11 Å². The van der Waals surface area contributed by atoms with Crippen molar-refractivity contribution in [2.45, 2.75) is 52.5 Å². The SMILES string of the molecule is CC(C)(C)C(CS)CN1CCCCC1CCO. The monoisotopic (exact) mass is 259 g/mol. The van der Waals surface area contributed by atoms with Crippen molar-refractivity contribution < 1.29 is 5.11 Å². The van der Waals surface area contributed by atoms with Crippen LogP contribution in [0.3, 0.4) is 0 Å². The smallest absolute Gasteiger partial charge is 0.0445 e. The lowest BCUT2D eigenvalue weighted by Gasteiger charge is -2.41. The largest absolute Gasteiger partial charge is 0.396 e. The minimum absolute atomic E-state index is 0.322. The molecule has 0 bridgehead atoms. The van der Waals surface area contributed by atoms with Crippen LogP contribution in [0.4, 0.5) is 0 Å². The van der Waals surface area contributed by atoms with Crippen LogP contribution in [0.1, 0.15) is 46.5 Å². The highest BCUT2D eigenvalue weighted by Gasteiger charge is 2.29. The highest BCUT2D eigenvalue weighted by atomic mass is 32.1. The Balaban J connectivity index is 2.56. The average molecular weight is 259 g/mol. The van der Waals surface area contributed by atoms with E-state index in [1.165, 1.54) is 25.8 Å². The predicted molar refractivity (Wildman–Crippen MR) is 77.7 cm³/mol. The van der Waals surface area contributed by atoms with Gasteiger partial charge in [0.25, 0.3) is 0 Å².